The average molecular weight is 264 g/mol. The molecule has 0 aliphatic carbocycles. The van der Waals surface area contributed by atoms with Crippen LogP contribution in [0, 0.1) is 0 Å². The summed E-state index contributed by atoms with van der Waals surface area (Å²) in [5.41, 5.74) is 8.83. The third kappa shape index (κ3) is 2.63. The summed E-state index contributed by atoms with van der Waals surface area (Å²) in [6.45, 7) is 1.05. The lowest BCUT2D eigenvalue weighted by molar-refractivity contribution is 0.307. The largest absolute Gasteiger partial charge is 0.489 e. The van der Waals surface area contributed by atoms with E-state index in [2.05, 4.69) is 11.1 Å². The number of nitrogens with zero attached hydrogens (tertiary/aromatic N) is 1. The van der Waals surface area contributed by atoms with Gasteiger partial charge in [-0.25, -0.2) is 0 Å². The van der Waals surface area contributed by atoms with Crippen LogP contribution in [0.3, 0.4) is 0 Å². The number of benzene rings is 2. The number of aromatic nitrogens is 1. The third-order valence-electron chi connectivity index (χ3n) is 3.27. The highest BCUT2D eigenvalue weighted by atomic mass is 16.5. The second-order valence-electron chi connectivity index (χ2n) is 4.63. The number of pyridine rings is 1. The van der Waals surface area contributed by atoms with Crippen LogP contribution < -0.4 is 10.5 Å². The van der Waals surface area contributed by atoms with Gasteiger partial charge >= 0.3 is 0 Å². The Bertz CT molecular complexity index is 720. The highest BCUT2D eigenvalue weighted by Gasteiger charge is 2.02. The van der Waals surface area contributed by atoms with Crippen LogP contribution in [0.5, 0.6) is 5.75 Å². The van der Waals surface area contributed by atoms with Crippen LogP contribution in [0.25, 0.3) is 10.9 Å². The predicted octanol–water partition coefficient (Wildman–Crippen LogP) is 3.27. The van der Waals surface area contributed by atoms with Gasteiger partial charge in [0.2, 0.25) is 0 Å². The fourth-order valence-corrected chi connectivity index (χ4v) is 2.20. The van der Waals surface area contributed by atoms with Gasteiger partial charge in [-0.05, 0) is 29.8 Å². The number of hydrogen-bond acceptors (Lipinski definition) is 3. The minimum atomic E-state index is 0.523. The summed E-state index contributed by atoms with van der Waals surface area (Å²) >= 11 is 0. The summed E-state index contributed by atoms with van der Waals surface area (Å²) in [5.74, 6) is 0.842. The first-order valence-electron chi connectivity index (χ1n) is 6.61. The van der Waals surface area contributed by atoms with Crippen molar-refractivity contribution in [1.29, 1.82) is 0 Å². The van der Waals surface area contributed by atoms with E-state index >= 15 is 0 Å². The Hall–Kier alpha value is -2.39. The molecular formula is C17H16N2O. The molecule has 100 valence electrons. The maximum atomic E-state index is 5.86. The van der Waals surface area contributed by atoms with Crippen LogP contribution in [0.4, 0.5) is 0 Å². The molecule has 20 heavy (non-hydrogen) atoms. The summed E-state index contributed by atoms with van der Waals surface area (Å²) in [4.78, 5) is 4.35. The van der Waals surface area contributed by atoms with Crippen molar-refractivity contribution in [1.82, 2.24) is 4.98 Å². The molecular weight excluding hydrogens is 248 g/mol. The molecule has 0 saturated carbocycles. The van der Waals surface area contributed by atoms with Crippen LogP contribution in [0.2, 0.25) is 0 Å². The molecule has 0 atom stereocenters. The van der Waals surface area contributed by atoms with E-state index < -0.39 is 0 Å². The van der Waals surface area contributed by atoms with E-state index in [0.717, 1.165) is 27.8 Å². The smallest absolute Gasteiger partial charge is 0.120 e. The number of ether oxygens (including phenoxy) is 1. The molecule has 0 radical (unpaired) electrons. The normalized spacial score (nSPS) is 10.7. The van der Waals surface area contributed by atoms with Crippen molar-refractivity contribution in [2.45, 2.75) is 13.2 Å². The maximum absolute atomic E-state index is 5.86. The zero-order valence-electron chi connectivity index (χ0n) is 11.1. The molecule has 0 spiro atoms. The monoisotopic (exact) mass is 264 g/mol. The van der Waals surface area contributed by atoms with Gasteiger partial charge in [-0.15, -0.1) is 0 Å². The fourth-order valence-electron chi connectivity index (χ4n) is 2.20. The minimum absolute atomic E-state index is 0.523. The summed E-state index contributed by atoms with van der Waals surface area (Å²) in [5, 5.41) is 1.13. The minimum Gasteiger partial charge on any atom is -0.489 e. The Morgan fingerprint density at radius 1 is 1.00 bits per heavy atom. The molecule has 0 aliphatic rings. The average Bonchev–Trinajstić information content (AvgIpc) is 2.53. The van der Waals surface area contributed by atoms with Crippen LogP contribution >= 0.6 is 0 Å². The zero-order chi connectivity index (χ0) is 13.8. The second-order valence-corrected chi connectivity index (χ2v) is 4.63. The van der Waals surface area contributed by atoms with Gasteiger partial charge in [0.15, 0.2) is 0 Å². The van der Waals surface area contributed by atoms with Crippen molar-refractivity contribution in [3.05, 3.63) is 71.9 Å². The molecule has 0 bridgehead atoms. The first kappa shape index (κ1) is 12.6. The van der Waals surface area contributed by atoms with Crippen molar-refractivity contribution >= 4 is 10.9 Å². The number of rotatable bonds is 4. The standard InChI is InChI=1S/C17H16N2O/c18-11-13-4-3-5-15(10-13)20-12-14-8-9-19-17-7-2-1-6-16(14)17/h1-10H,11-12,18H2. The number of fused-ring (bicyclic) bond motifs is 1. The van der Waals surface area contributed by atoms with E-state index in [9.17, 15) is 0 Å². The van der Waals surface area contributed by atoms with E-state index in [0.29, 0.717) is 13.2 Å². The highest BCUT2D eigenvalue weighted by molar-refractivity contribution is 5.81. The lowest BCUT2D eigenvalue weighted by Gasteiger charge is -2.09. The predicted molar refractivity (Wildman–Crippen MR) is 80.4 cm³/mol. The van der Waals surface area contributed by atoms with E-state index in [1.807, 2.05) is 54.7 Å². The van der Waals surface area contributed by atoms with Gasteiger partial charge in [-0.3, -0.25) is 4.98 Å². The molecule has 1 heterocycles. The third-order valence-corrected chi connectivity index (χ3v) is 3.27. The lowest BCUT2D eigenvalue weighted by atomic mass is 10.1. The Kier molecular flexibility index (Phi) is 3.61. The molecule has 3 aromatic rings. The molecule has 2 aromatic carbocycles. The van der Waals surface area contributed by atoms with Crippen LogP contribution in [0.15, 0.2) is 60.8 Å². The second kappa shape index (κ2) is 5.72. The molecule has 3 heteroatoms. The molecule has 0 fully saturated rings. The van der Waals surface area contributed by atoms with E-state index in [1.54, 1.807) is 0 Å². The number of nitrogens with two attached hydrogens (primary N) is 1. The number of para-hydroxylation sites is 1. The Balaban J connectivity index is 1.83. The summed E-state index contributed by atoms with van der Waals surface area (Å²) in [6.07, 6.45) is 1.82. The van der Waals surface area contributed by atoms with Gasteiger partial charge in [0.25, 0.3) is 0 Å². The van der Waals surface area contributed by atoms with Gasteiger partial charge in [-0.2, -0.15) is 0 Å². The molecule has 1 aromatic heterocycles. The Labute approximate surface area is 118 Å². The Morgan fingerprint density at radius 3 is 2.80 bits per heavy atom. The van der Waals surface area contributed by atoms with Gasteiger partial charge < -0.3 is 10.5 Å². The van der Waals surface area contributed by atoms with Crippen molar-refractivity contribution in [2.75, 3.05) is 0 Å². The van der Waals surface area contributed by atoms with E-state index in [1.165, 1.54) is 0 Å². The molecule has 0 aliphatic heterocycles. The van der Waals surface area contributed by atoms with Crippen LogP contribution in [-0.4, -0.2) is 4.98 Å². The lowest BCUT2D eigenvalue weighted by Crippen LogP contribution is -1.99. The van der Waals surface area contributed by atoms with E-state index in [-0.39, 0.29) is 0 Å². The summed E-state index contributed by atoms with van der Waals surface area (Å²) in [6, 6.07) is 18.0. The molecule has 2 N–H and O–H groups in total. The Morgan fingerprint density at radius 2 is 1.90 bits per heavy atom. The molecule has 0 amide bonds. The summed E-state index contributed by atoms with van der Waals surface area (Å²) in [7, 11) is 0. The van der Waals surface area contributed by atoms with Gasteiger partial charge in [0, 0.05) is 23.7 Å². The quantitative estimate of drug-likeness (QED) is 0.786. The van der Waals surface area contributed by atoms with Gasteiger partial charge in [0.05, 0.1) is 5.52 Å². The first-order valence-corrected chi connectivity index (χ1v) is 6.61. The fraction of sp³-hybridized carbons (Fsp3) is 0.118. The molecule has 3 nitrogen and oxygen atoms in total. The number of hydrogen-bond donors (Lipinski definition) is 1. The topological polar surface area (TPSA) is 48.1 Å². The van der Waals surface area contributed by atoms with Gasteiger partial charge in [0.1, 0.15) is 12.4 Å². The van der Waals surface area contributed by atoms with Crippen LogP contribution in [-0.2, 0) is 13.2 Å². The molecule has 0 unspecified atom stereocenters. The van der Waals surface area contributed by atoms with Crippen molar-refractivity contribution < 1.29 is 4.74 Å². The first-order chi connectivity index (χ1) is 9.86. The van der Waals surface area contributed by atoms with E-state index in [4.69, 9.17) is 10.5 Å². The van der Waals surface area contributed by atoms with Crippen molar-refractivity contribution in [2.24, 2.45) is 5.73 Å². The molecule has 0 saturated heterocycles. The highest BCUT2D eigenvalue weighted by Crippen LogP contribution is 2.19. The van der Waals surface area contributed by atoms with Crippen LogP contribution in [0.1, 0.15) is 11.1 Å². The SMILES string of the molecule is NCc1cccc(OCc2ccnc3ccccc23)c1. The molecule has 3 rings (SSSR count). The van der Waals surface area contributed by atoms with Crippen molar-refractivity contribution in [3.8, 4) is 5.75 Å². The zero-order valence-corrected chi connectivity index (χ0v) is 11.1. The van der Waals surface area contributed by atoms with Crippen molar-refractivity contribution in [3.63, 3.8) is 0 Å². The van der Waals surface area contributed by atoms with Gasteiger partial charge in [-0.1, -0.05) is 30.3 Å². The summed E-state index contributed by atoms with van der Waals surface area (Å²) < 4.78 is 5.86. The maximum Gasteiger partial charge on any atom is 0.120 e.